The average molecular weight is 329 g/mol. The van der Waals surface area contributed by atoms with Crippen molar-refractivity contribution in [1.82, 2.24) is 4.90 Å². The van der Waals surface area contributed by atoms with E-state index in [1.165, 1.54) is 11.3 Å². The number of carbonyl (C=O) groups excluding carboxylic acids is 1. The van der Waals surface area contributed by atoms with Crippen LogP contribution in [0.1, 0.15) is 21.7 Å². The summed E-state index contributed by atoms with van der Waals surface area (Å²) in [6.07, 6.45) is 0.635. The number of methoxy groups -OCH3 is 1. The van der Waals surface area contributed by atoms with Crippen LogP contribution in [-0.2, 0) is 14.6 Å². The Labute approximate surface area is 128 Å². The predicted molar refractivity (Wildman–Crippen MR) is 81.5 cm³/mol. The number of sulfone groups is 1. The normalized spacial score (nSPS) is 26.0. The second-order valence-corrected chi connectivity index (χ2v) is 9.29. The number of nitrogens with zero attached hydrogens (tertiary/aromatic N) is 1. The highest BCUT2D eigenvalue weighted by atomic mass is 32.2. The number of thiophene rings is 1. The number of amides is 1. The Bertz CT molecular complexity index is 658. The van der Waals surface area contributed by atoms with Crippen LogP contribution in [0, 0.1) is 12.8 Å². The standard InChI is InChI=1S/C14H19NO4S2/c1-10-3-5-20-12(10)13(16)15-8-14(9-15)11(7-19-2)4-6-21(14,17)18/h3,5,11H,4,6-9H2,1-2H3/t11-/m0/s1. The minimum absolute atomic E-state index is 0.000910. The number of likely N-dealkylation sites (tertiary alicyclic amines) is 1. The lowest BCUT2D eigenvalue weighted by molar-refractivity contribution is 0.0340. The van der Waals surface area contributed by atoms with Gasteiger partial charge in [-0.3, -0.25) is 4.79 Å². The molecule has 0 aliphatic carbocycles. The predicted octanol–water partition coefficient (Wildman–Crippen LogP) is 1.33. The second-order valence-electron chi connectivity index (χ2n) is 5.92. The van der Waals surface area contributed by atoms with Crippen molar-refractivity contribution in [3.8, 4) is 0 Å². The topological polar surface area (TPSA) is 63.7 Å². The molecule has 7 heteroatoms. The maximum absolute atomic E-state index is 12.4. The largest absolute Gasteiger partial charge is 0.384 e. The van der Waals surface area contributed by atoms with Gasteiger partial charge in [0.25, 0.3) is 5.91 Å². The van der Waals surface area contributed by atoms with Gasteiger partial charge in [0.2, 0.25) is 0 Å². The van der Waals surface area contributed by atoms with Gasteiger partial charge < -0.3 is 9.64 Å². The van der Waals surface area contributed by atoms with Crippen LogP contribution in [-0.4, -0.2) is 56.5 Å². The van der Waals surface area contributed by atoms with E-state index in [4.69, 9.17) is 4.74 Å². The van der Waals surface area contributed by atoms with Crippen molar-refractivity contribution in [2.45, 2.75) is 18.1 Å². The number of carbonyl (C=O) groups is 1. The molecule has 3 heterocycles. The third-order valence-electron chi connectivity index (χ3n) is 4.73. The Morgan fingerprint density at radius 1 is 1.52 bits per heavy atom. The average Bonchev–Trinajstić information content (AvgIpc) is 2.90. The Kier molecular flexibility index (Phi) is 3.62. The maximum atomic E-state index is 12.4. The molecule has 1 amide bonds. The van der Waals surface area contributed by atoms with E-state index in [1.54, 1.807) is 12.0 Å². The van der Waals surface area contributed by atoms with Gasteiger partial charge in [-0.05, 0) is 30.4 Å². The number of hydrogen-bond acceptors (Lipinski definition) is 5. The van der Waals surface area contributed by atoms with Crippen molar-refractivity contribution in [3.63, 3.8) is 0 Å². The molecule has 0 saturated carbocycles. The number of rotatable bonds is 3. The van der Waals surface area contributed by atoms with Crippen molar-refractivity contribution >= 4 is 27.1 Å². The molecule has 0 radical (unpaired) electrons. The Morgan fingerprint density at radius 3 is 2.81 bits per heavy atom. The molecule has 2 saturated heterocycles. The zero-order valence-corrected chi connectivity index (χ0v) is 13.8. The molecule has 0 bridgehead atoms. The second kappa shape index (κ2) is 5.07. The lowest BCUT2D eigenvalue weighted by Gasteiger charge is -2.49. The molecular formula is C14H19NO4S2. The highest BCUT2D eigenvalue weighted by Crippen LogP contribution is 2.45. The van der Waals surface area contributed by atoms with Crippen molar-refractivity contribution in [2.75, 3.05) is 32.6 Å². The van der Waals surface area contributed by atoms with E-state index in [-0.39, 0.29) is 17.6 Å². The fourth-order valence-electron chi connectivity index (χ4n) is 3.39. The molecule has 2 aliphatic rings. The van der Waals surface area contributed by atoms with Crippen molar-refractivity contribution in [3.05, 3.63) is 21.9 Å². The first-order chi connectivity index (χ1) is 9.91. The van der Waals surface area contributed by atoms with E-state index >= 15 is 0 Å². The van der Waals surface area contributed by atoms with E-state index in [0.717, 1.165) is 5.56 Å². The van der Waals surface area contributed by atoms with E-state index in [2.05, 4.69) is 0 Å². The van der Waals surface area contributed by atoms with Crippen LogP contribution in [0.4, 0.5) is 0 Å². The van der Waals surface area contributed by atoms with Crippen LogP contribution in [0.15, 0.2) is 11.4 Å². The Balaban J connectivity index is 1.79. The zero-order valence-electron chi connectivity index (χ0n) is 12.2. The molecule has 1 aromatic heterocycles. The van der Waals surface area contributed by atoms with Crippen LogP contribution >= 0.6 is 11.3 Å². The minimum Gasteiger partial charge on any atom is -0.384 e. The van der Waals surface area contributed by atoms with Gasteiger partial charge in [0, 0.05) is 26.1 Å². The Morgan fingerprint density at radius 2 is 2.24 bits per heavy atom. The van der Waals surface area contributed by atoms with Crippen LogP contribution in [0.25, 0.3) is 0 Å². The van der Waals surface area contributed by atoms with E-state index < -0.39 is 14.6 Å². The van der Waals surface area contributed by atoms with Crippen LogP contribution in [0.3, 0.4) is 0 Å². The monoisotopic (exact) mass is 329 g/mol. The van der Waals surface area contributed by atoms with Crippen LogP contribution < -0.4 is 0 Å². The summed E-state index contributed by atoms with van der Waals surface area (Å²) < 4.78 is 29.2. The summed E-state index contributed by atoms with van der Waals surface area (Å²) in [5.74, 6) is 0.161. The first-order valence-electron chi connectivity index (χ1n) is 6.96. The third kappa shape index (κ3) is 2.13. The number of hydrogen-bond donors (Lipinski definition) is 0. The minimum atomic E-state index is -3.14. The molecule has 2 fully saturated rings. The Hall–Kier alpha value is -0.920. The lowest BCUT2D eigenvalue weighted by Crippen LogP contribution is -2.68. The van der Waals surface area contributed by atoms with Crippen LogP contribution in [0.5, 0.6) is 0 Å². The van der Waals surface area contributed by atoms with Gasteiger partial charge in [-0.2, -0.15) is 0 Å². The fourth-order valence-corrected chi connectivity index (χ4v) is 6.68. The van der Waals surface area contributed by atoms with Gasteiger partial charge in [0.05, 0.1) is 17.2 Å². The molecule has 0 unspecified atom stereocenters. The van der Waals surface area contributed by atoms with Gasteiger partial charge >= 0.3 is 0 Å². The van der Waals surface area contributed by atoms with E-state index in [9.17, 15) is 13.2 Å². The molecule has 21 heavy (non-hydrogen) atoms. The van der Waals surface area contributed by atoms with Gasteiger partial charge in [0.1, 0.15) is 4.75 Å². The molecule has 1 atom stereocenters. The van der Waals surface area contributed by atoms with Gasteiger partial charge in [-0.25, -0.2) is 8.42 Å². The molecule has 0 aromatic carbocycles. The maximum Gasteiger partial charge on any atom is 0.264 e. The molecule has 2 aliphatic heterocycles. The molecule has 5 nitrogen and oxygen atoms in total. The molecule has 1 aromatic rings. The first-order valence-corrected chi connectivity index (χ1v) is 9.49. The summed E-state index contributed by atoms with van der Waals surface area (Å²) in [5, 5.41) is 1.89. The fraction of sp³-hybridized carbons (Fsp3) is 0.643. The quantitative estimate of drug-likeness (QED) is 0.839. The zero-order chi connectivity index (χ0) is 15.3. The third-order valence-corrected chi connectivity index (χ3v) is 8.33. The molecular weight excluding hydrogens is 310 g/mol. The van der Waals surface area contributed by atoms with Gasteiger partial charge in [0.15, 0.2) is 9.84 Å². The summed E-state index contributed by atoms with van der Waals surface area (Å²) in [5.41, 5.74) is 0.952. The summed E-state index contributed by atoms with van der Waals surface area (Å²) in [7, 11) is -1.54. The number of aryl methyl sites for hydroxylation is 1. The first kappa shape index (κ1) is 15.0. The van der Waals surface area contributed by atoms with Gasteiger partial charge in [-0.1, -0.05) is 0 Å². The molecule has 1 spiro atoms. The molecule has 116 valence electrons. The van der Waals surface area contributed by atoms with Crippen molar-refractivity contribution in [2.24, 2.45) is 5.92 Å². The van der Waals surface area contributed by atoms with E-state index in [1.807, 2.05) is 18.4 Å². The molecule has 0 N–H and O–H groups in total. The highest BCUT2D eigenvalue weighted by molar-refractivity contribution is 7.93. The van der Waals surface area contributed by atoms with Gasteiger partial charge in [-0.15, -0.1) is 11.3 Å². The molecule has 3 rings (SSSR count). The summed E-state index contributed by atoms with van der Waals surface area (Å²) in [6, 6.07) is 1.91. The van der Waals surface area contributed by atoms with Crippen molar-refractivity contribution < 1.29 is 17.9 Å². The lowest BCUT2D eigenvalue weighted by atomic mass is 9.83. The summed E-state index contributed by atoms with van der Waals surface area (Å²) in [6.45, 7) is 2.96. The highest BCUT2D eigenvalue weighted by Gasteiger charge is 2.62. The van der Waals surface area contributed by atoms with E-state index in [0.29, 0.717) is 31.0 Å². The number of ether oxygens (including phenoxy) is 1. The smallest absolute Gasteiger partial charge is 0.264 e. The summed E-state index contributed by atoms with van der Waals surface area (Å²) in [4.78, 5) is 14.8. The van der Waals surface area contributed by atoms with Crippen LogP contribution in [0.2, 0.25) is 0 Å². The van der Waals surface area contributed by atoms with Crippen molar-refractivity contribution in [1.29, 1.82) is 0 Å². The SMILES string of the molecule is COC[C@@H]1CCS(=O)(=O)C12CN(C(=O)c1sccc1C)C2. The summed E-state index contributed by atoms with van der Waals surface area (Å²) >= 11 is 1.41.